The van der Waals surface area contributed by atoms with Crippen molar-refractivity contribution in [1.82, 2.24) is 19.9 Å². The van der Waals surface area contributed by atoms with Crippen LogP contribution < -0.4 is 4.72 Å². The van der Waals surface area contributed by atoms with Crippen LogP contribution in [-0.4, -0.2) is 29.5 Å². The number of carbonyl (C=O) groups is 1. The van der Waals surface area contributed by atoms with Crippen molar-refractivity contribution in [3.63, 3.8) is 0 Å². The first-order valence-electron chi connectivity index (χ1n) is 9.18. The summed E-state index contributed by atoms with van der Waals surface area (Å²) in [7, 11) is -4.27. The number of halogens is 1. The average molecular weight is 487 g/mol. The Morgan fingerprint density at radius 1 is 1.12 bits per heavy atom. The van der Waals surface area contributed by atoms with Crippen LogP contribution in [0.5, 0.6) is 0 Å². The summed E-state index contributed by atoms with van der Waals surface area (Å²) in [5, 5.41) is 7.65. The molecule has 0 bridgehead atoms. The highest BCUT2D eigenvalue weighted by molar-refractivity contribution is 7.99. The summed E-state index contributed by atoms with van der Waals surface area (Å²) in [6, 6.07) is 15.4. The number of nitrogens with zero attached hydrogens (tertiary/aromatic N) is 3. The van der Waals surface area contributed by atoms with Crippen LogP contribution >= 0.6 is 23.4 Å². The molecule has 162 valence electrons. The zero-order valence-electron chi connectivity index (χ0n) is 16.3. The summed E-state index contributed by atoms with van der Waals surface area (Å²) in [5.74, 6) is -0.244. The highest BCUT2D eigenvalue weighted by Crippen LogP contribution is 2.37. The fourth-order valence-corrected chi connectivity index (χ4v) is 5.58. The molecule has 4 rings (SSSR count). The van der Waals surface area contributed by atoms with Crippen LogP contribution in [0.25, 0.3) is 11.5 Å². The Morgan fingerprint density at radius 2 is 1.94 bits per heavy atom. The topological polar surface area (TPSA) is 115 Å². The summed E-state index contributed by atoms with van der Waals surface area (Å²) in [5.41, 5.74) is 1.35. The number of sulfonamides is 1. The van der Waals surface area contributed by atoms with E-state index in [0.29, 0.717) is 10.6 Å². The number of pyridine rings is 1. The number of benzene rings is 2. The number of hydrogen-bond acceptors (Lipinski definition) is 8. The molecule has 2 aromatic heterocycles. The molecule has 0 radical (unpaired) electrons. The molecule has 0 aliphatic heterocycles. The van der Waals surface area contributed by atoms with E-state index in [-0.39, 0.29) is 26.9 Å². The molecule has 2 heterocycles. The number of hydrogen-bond donors (Lipinski definition) is 1. The Bertz CT molecular complexity index is 1330. The number of nitrogens with one attached hydrogen (secondary N) is 1. The van der Waals surface area contributed by atoms with Crippen molar-refractivity contribution in [2.45, 2.75) is 15.5 Å². The Morgan fingerprint density at radius 3 is 2.62 bits per heavy atom. The Labute approximate surface area is 193 Å². The van der Waals surface area contributed by atoms with Gasteiger partial charge in [-0.05, 0) is 29.8 Å². The SMILES string of the molecule is O=C(NS(=O)(=O)c1cc(-c2nnco2)c(Cl)cc1SCc1ccccc1)c1cccnc1. The van der Waals surface area contributed by atoms with E-state index >= 15 is 0 Å². The average Bonchev–Trinajstić information content (AvgIpc) is 3.33. The second-order valence-corrected chi connectivity index (χ2v) is 9.55. The second-order valence-electron chi connectivity index (χ2n) is 6.47. The van der Waals surface area contributed by atoms with Crippen LogP contribution in [0, 0.1) is 0 Å². The Hall–Kier alpha value is -3.21. The molecule has 4 aromatic rings. The van der Waals surface area contributed by atoms with Gasteiger partial charge in [0, 0.05) is 23.0 Å². The predicted molar refractivity (Wildman–Crippen MR) is 120 cm³/mol. The molecular weight excluding hydrogens is 472 g/mol. The lowest BCUT2D eigenvalue weighted by Crippen LogP contribution is -2.31. The molecule has 1 amide bonds. The van der Waals surface area contributed by atoms with Gasteiger partial charge in [-0.1, -0.05) is 41.9 Å². The number of amides is 1. The summed E-state index contributed by atoms with van der Waals surface area (Å²) in [6.07, 6.45) is 3.88. The van der Waals surface area contributed by atoms with Crippen LogP contribution in [-0.2, 0) is 15.8 Å². The quantitative estimate of drug-likeness (QED) is 0.386. The van der Waals surface area contributed by atoms with Crippen LogP contribution in [0.4, 0.5) is 0 Å². The molecule has 0 unspecified atom stereocenters. The summed E-state index contributed by atoms with van der Waals surface area (Å²) in [4.78, 5) is 16.6. The number of rotatable bonds is 7. The standard InChI is InChI=1S/C21H15ClN4O4S2/c22-17-10-18(31-12-14-5-2-1-3-6-14)19(9-16(17)21-25-24-13-30-21)32(28,29)26-20(27)15-7-4-8-23-11-15/h1-11,13H,12H2,(H,26,27). The largest absolute Gasteiger partial charge is 0.423 e. The third-order valence-corrected chi connectivity index (χ3v) is 7.24. The lowest BCUT2D eigenvalue weighted by atomic mass is 10.2. The van der Waals surface area contributed by atoms with E-state index in [1.54, 1.807) is 6.07 Å². The number of aromatic nitrogens is 3. The lowest BCUT2D eigenvalue weighted by molar-refractivity contribution is 0.0981. The van der Waals surface area contributed by atoms with Crippen molar-refractivity contribution in [3.8, 4) is 11.5 Å². The molecule has 0 atom stereocenters. The molecule has 0 saturated carbocycles. The molecule has 0 aliphatic carbocycles. The molecule has 0 aliphatic rings. The van der Waals surface area contributed by atoms with Gasteiger partial charge in [-0.15, -0.1) is 22.0 Å². The van der Waals surface area contributed by atoms with Gasteiger partial charge in [-0.25, -0.2) is 13.1 Å². The number of carbonyl (C=O) groups excluding carboxylic acids is 1. The van der Waals surface area contributed by atoms with Crippen LogP contribution in [0.15, 0.2) is 87.6 Å². The smallest absolute Gasteiger partial charge is 0.266 e. The van der Waals surface area contributed by atoms with Crippen LogP contribution in [0.3, 0.4) is 0 Å². The van der Waals surface area contributed by atoms with Crippen molar-refractivity contribution in [3.05, 3.63) is 89.5 Å². The zero-order valence-corrected chi connectivity index (χ0v) is 18.7. The van der Waals surface area contributed by atoms with Crippen molar-refractivity contribution < 1.29 is 17.6 Å². The fourth-order valence-electron chi connectivity index (χ4n) is 2.78. The fraction of sp³-hybridized carbons (Fsp3) is 0.0476. The van der Waals surface area contributed by atoms with Gasteiger partial charge in [-0.3, -0.25) is 9.78 Å². The maximum atomic E-state index is 13.2. The van der Waals surface area contributed by atoms with Gasteiger partial charge >= 0.3 is 0 Å². The van der Waals surface area contributed by atoms with Gasteiger partial charge in [0.25, 0.3) is 15.9 Å². The van der Waals surface area contributed by atoms with Gasteiger partial charge in [-0.2, -0.15) is 0 Å². The molecule has 8 nitrogen and oxygen atoms in total. The molecule has 0 fully saturated rings. The third kappa shape index (κ3) is 4.98. The van der Waals surface area contributed by atoms with Gasteiger partial charge in [0.1, 0.15) is 4.90 Å². The minimum absolute atomic E-state index is 0.0599. The van der Waals surface area contributed by atoms with Crippen molar-refractivity contribution in [2.75, 3.05) is 0 Å². The molecular formula is C21H15ClN4O4S2. The summed E-state index contributed by atoms with van der Waals surface area (Å²) >= 11 is 7.67. The molecule has 1 N–H and O–H groups in total. The monoisotopic (exact) mass is 486 g/mol. The molecule has 0 spiro atoms. The summed E-state index contributed by atoms with van der Waals surface area (Å²) < 4.78 is 33.7. The Balaban J connectivity index is 1.73. The van der Waals surface area contributed by atoms with E-state index in [0.717, 1.165) is 12.0 Å². The van der Waals surface area contributed by atoms with E-state index in [1.165, 1.54) is 42.4 Å². The maximum Gasteiger partial charge on any atom is 0.266 e. The minimum Gasteiger partial charge on any atom is -0.423 e. The first kappa shape index (κ1) is 22.0. The Kier molecular flexibility index (Phi) is 6.54. The lowest BCUT2D eigenvalue weighted by Gasteiger charge is -2.14. The van der Waals surface area contributed by atoms with Crippen molar-refractivity contribution >= 4 is 39.3 Å². The first-order valence-corrected chi connectivity index (χ1v) is 12.0. The first-order chi connectivity index (χ1) is 15.4. The number of thioether (sulfide) groups is 1. The highest BCUT2D eigenvalue weighted by atomic mass is 35.5. The molecule has 0 saturated heterocycles. The van der Waals surface area contributed by atoms with Gasteiger partial charge < -0.3 is 4.42 Å². The van der Waals surface area contributed by atoms with Crippen LogP contribution in [0.2, 0.25) is 5.02 Å². The predicted octanol–water partition coefficient (Wildman–Crippen LogP) is 4.20. The van der Waals surface area contributed by atoms with E-state index in [4.69, 9.17) is 16.0 Å². The van der Waals surface area contributed by atoms with Gasteiger partial charge in [0.2, 0.25) is 12.3 Å². The molecule has 32 heavy (non-hydrogen) atoms. The van der Waals surface area contributed by atoms with E-state index in [1.807, 2.05) is 30.3 Å². The summed E-state index contributed by atoms with van der Waals surface area (Å²) in [6.45, 7) is 0. The van der Waals surface area contributed by atoms with Gasteiger partial charge in [0.05, 0.1) is 16.1 Å². The minimum atomic E-state index is -4.27. The molecule has 2 aromatic carbocycles. The van der Waals surface area contributed by atoms with E-state index in [9.17, 15) is 13.2 Å². The maximum absolute atomic E-state index is 13.2. The van der Waals surface area contributed by atoms with E-state index in [2.05, 4.69) is 19.9 Å². The zero-order chi connectivity index (χ0) is 22.6. The molecule has 11 heteroatoms. The third-order valence-electron chi connectivity index (χ3n) is 4.30. The van der Waals surface area contributed by atoms with E-state index < -0.39 is 15.9 Å². The van der Waals surface area contributed by atoms with Crippen molar-refractivity contribution in [1.29, 1.82) is 0 Å². The normalized spacial score (nSPS) is 11.3. The second kappa shape index (κ2) is 9.51. The highest BCUT2D eigenvalue weighted by Gasteiger charge is 2.26. The van der Waals surface area contributed by atoms with Crippen molar-refractivity contribution in [2.24, 2.45) is 0 Å². The van der Waals surface area contributed by atoms with Crippen LogP contribution in [0.1, 0.15) is 15.9 Å². The van der Waals surface area contributed by atoms with Gasteiger partial charge in [0.15, 0.2) is 0 Å².